The zero-order valence-corrected chi connectivity index (χ0v) is 14.5. The third-order valence-electron chi connectivity index (χ3n) is 4.62. The molecule has 0 saturated carbocycles. The third-order valence-corrected chi connectivity index (χ3v) is 4.62. The molecule has 5 nitrogen and oxygen atoms in total. The zero-order chi connectivity index (χ0) is 18.9. The fraction of sp³-hybridized carbons (Fsp3) is 0.316. The summed E-state index contributed by atoms with van der Waals surface area (Å²) in [6, 6.07) is 10.4. The van der Waals surface area contributed by atoms with E-state index in [1.54, 1.807) is 6.07 Å². The summed E-state index contributed by atoms with van der Waals surface area (Å²) in [6.07, 6.45) is 1.07. The summed E-state index contributed by atoms with van der Waals surface area (Å²) in [7, 11) is 0. The van der Waals surface area contributed by atoms with Gasteiger partial charge in [-0.3, -0.25) is 0 Å². The first-order valence-electron chi connectivity index (χ1n) is 8.74. The van der Waals surface area contributed by atoms with E-state index < -0.39 is 11.9 Å². The number of anilines is 2. The van der Waals surface area contributed by atoms with Gasteiger partial charge in [-0.05, 0) is 23.8 Å². The average Bonchev–Trinajstić information content (AvgIpc) is 2.67. The van der Waals surface area contributed by atoms with Crippen molar-refractivity contribution in [2.24, 2.45) is 0 Å². The van der Waals surface area contributed by atoms with Gasteiger partial charge in [-0.1, -0.05) is 18.2 Å². The molecule has 0 aliphatic carbocycles. The van der Waals surface area contributed by atoms with E-state index in [2.05, 4.69) is 20.3 Å². The van der Waals surface area contributed by atoms with Crippen LogP contribution in [0.15, 0.2) is 42.6 Å². The molecule has 3 aromatic rings. The Labute approximate surface area is 154 Å². The van der Waals surface area contributed by atoms with E-state index in [9.17, 15) is 13.2 Å². The predicted molar refractivity (Wildman–Crippen MR) is 97.5 cm³/mol. The van der Waals surface area contributed by atoms with Crippen molar-refractivity contribution < 1.29 is 13.2 Å². The van der Waals surface area contributed by atoms with Crippen molar-refractivity contribution in [3.63, 3.8) is 0 Å². The first-order chi connectivity index (χ1) is 13.0. The summed E-state index contributed by atoms with van der Waals surface area (Å²) in [5.41, 5.74) is 1.52. The standard InChI is InChI=1S/C19H18F3N5/c20-16-6-5-13(11-23-16)12-24-18-25-15-4-2-1-3-14(15)17(26-18)27-9-7-19(21,22)8-10-27/h1-6,11H,7-10,12H2,(H,24,25,26). The van der Waals surface area contributed by atoms with Gasteiger partial charge in [-0.2, -0.15) is 9.37 Å². The Morgan fingerprint density at radius 1 is 1.04 bits per heavy atom. The Kier molecular flexibility index (Phi) is 4.55. The number of para-hydroxylation sites is 1. The molecule has 0 atom stereocenters. The highest BCUT2D eigenvalue weighted by atomic mass is 19.3. The van der Waals surface area contributed by atoms with Crippen LogP contribution in [0.3, 0.4) is 0 Å². The van der Waals surface area contributed by atoms with E-state index in [1.165, 1.54) is 12.3 Å². The second kappa shape index (κ2) is 7.02. The van der Waals surface area contributed by atoms with Crippen molar-refractivity contribution in [3.8, 4) is 0 Å². The highest BCUT2D eigenvalue weighted by molar-refractivity contribution is 5.90. The molecule has 1 saturated heterocycles. The molecule has 27 heavy (non-hydrogen) atoms. The number of rotatable bonds is 4. The average molecular weight is 373 g/mol. The van der Waals surface area contributed by atoms with Gasteiger partial charge in [-0.25, -0.2) is 18.7 Å². The number of pyridine rings is 1. The zero-order valence-electron chi connectivity index (χ0n) is 14.5. The minimum absolute atomic E-state index is 0.185. The molecular formula is C19H18F3N5. The molecule has 0 radical (unpaired) electrons. The van der Waals surface area contributed by atoms with Crippen molar-refractivity contribution in [1.82, 2.24) is 15.0 Å². The summed E-state index contributed by atoms with van der Waals surface area (Å²) < 4.78 is 40.0. The maximum atomic E-state index is 13.5. The summed E-state index contributed by atoms with van der Waals surface area (Å²) >= 11 is 0. The van der Waals surface area contributed by atoms with Crippen molar-refractivity contribution in [1.29, 1.82) is 0 Å². The maximum Gasteiger partial charge on any atom is 0.251 e. The van der Waals surface area contributed by atoms with Gasteiger partial charge >= 0.3 is 0 Å². The quantitative estimate of drug-likeness (QED) is 0.701. The third kappa shape index (κ3) is 3.94. The lowest BCUT2D eigenvalue weighted by molar-refractivity contribution is -0.0221. The second-order valence-corrected chi connectivity index (χ2v) is 6.57. The summed E-state index contributed by atoms with van der Waals surface area (Å²) in [5.74, 6) is -2.11. The fourth-order valence-electron chi connectivity index (χ4n) is 3.12. The molecule has 1 aliphatic rings. The Morgan fingerprint density at radius 3 is 2.56 bits per heavy atom. The van der Waals surface area contributed by atoms with Gasteiger partial charge < -0.3 is 10.2 Å². The first kappa shape index (κ1) is 17.5. The van der Waals surface area contributed by atoms with Gasteiger partial charge in [0.05, 0.1) is 5.52 Å². The van der Waals surface area contributed by atoms with E-state index in [1.807, 2.05) is 29.2 Å². The lowest BCUT2D eigenvalue weighted by Gasteiger charge is -2.33. The molecule has 3 heterocycles. The van der Waals surface area contributed by atoms with Crippen molar-refractivity contribution in [2.45, 2.75) is 25.3 Å². The van der Waals surface area contributed by atoms with Gasteiger partial charge in [0.2, 0.25) is 11.9 Å². The lowest BCUT2D eigenvalue weighted by Crippen LogP contribution is -2.40. The van der Waals surface area contributed by atoms with E-state index in [4.69, 9.17) is 0 Å². The van der Waals surface area contributed by atoms with Crippen LogP contribution in [-0.2, 0) is 6.54 Å². The number of nitrogens with one attached hydrogen (secondary N) is 1. The lowest BCUT2D eigenvalue weighted by atomic mass is 10.1. The number of alkyl halides is 2. The number of benzene rings is 1. The monoisotopic (exact) mass is 373 g/mol. The van der Waals surface area contributed by atoms with Crippen LogP contribution in [0.2, 0.25) is 0 Å². The van der Waals surface area contributed by atoms with Crippen LogP contribution < -0.4 is 10.2 Å². The number of halogens is 3. The van der Waals surface area contributed by atoms with Crippen LogP contribution in [0.5, 0.6) is 0 Å². The van der Waals surface area contributed by atoms with Crippen LogP contribution in [0.4, 0.5) is 24.9 Å². The SMILES string of the molecule is Fc1ccc(CNc2nc(N3CCC(F)(F)CC3)c3ccccc3n2)cn1. The minimum Gasteiger partial charge on any atom is -0.355 e. The molecule has 8 heteroatoms. The largest absolute Gasteiger partial charge is 0.355 e. The van der Waals surface area contributed by atoms with Gasteiger partial charge in [-0.15, -0.1) is 0 Å². The van der Waals surface area contributed by atoms with Crippen molar-refractivity contribution in [2.75, 3.05) is 23.3 Å². The number of piperidine rings is 1. The Balaban J connectivity index is 1.61. The molecule has 1 aromatic carbocycles. The van der Waals surface area contributed by atoms with Crippen molar-refractivity contribution >= 4 is 22.7 Å². The molecule has 4 rings (SSSR count). The Hall–Kier alpha value is -2.90. The number of hydrogen-bond acceptors (Lipinski definition) is 5. The predicted octanol–water partition coefficient (Wildman–Crippen LogP) is 4.01. The van der Waals surface area contributed by atoms with Gasteiger partial charge in [0, 0.05) is 44.1 Å². The summed E-state index contributed by atoms with van der Waals surface area (Å²) in [6.45, 7) is 0.869. The first-order valence-corrected chi connectivity index (χ1v) is 8.74. The fourth-order valence-corrected chi connectivity index (χ4v) is 3.12. The van der Waals surface area contributed by atoms with Crippen molar-refractivity contribution in [3.05, 3.63) is 54.1 Å². The van der Waals surface area contributed by atoms with Crippen LogP contribution >= 0.6 is 0 Å². The van der Waals surface area contributed by atoms with Gasteiger partial charge in [0.25, 0.3) is 5.92 Å². The summed E-state index contributed by atoms with van der Waals surface area (Å²) in [5, 5.41) is 3.94. The smallest absolute Gasteiger partial charge is 0.251 e. The minimum atomic E-state index is -2.62. The van der Waals surface area contributed by atoms with E-state index in [0.29, 0.717) is 18.3 Å². The molecule has 1 aliphatic heterocycles. The molecule has 0 unspecified atom stereocenters. The number of fused-ring (bicyclic) bond motifs is 1. The van der Waals surface area contributed by atoms with E-state index >= 15 is 0 Å². The van der Waals surface area contributed by atoms with E-state index in [0.717, 1.165) is 16.5 Å². The Bertz CT molecular complexity index is 936. The molecule has 0 spiro atoms. The van der Waals surface area contributed by atoms with Gasteiger partial charge in [0.1, 0.15) is 5.82 Å². The highest BCUT2D eigenvalue weighted by Crippen LogP contribution is 2.33. The molecule has 140 valence electrons. The topological polar surface area (TPSA) is 53.9 Å². The highest BCUT2D eigenvalue weighted by Gasteiger charge is 2.35. The van der Waals surface area contributed by atoms with Crippen LogP contribution in [0, 0.1) is 5.95 Å². The normalized spacial score (nSPS) is 16.5. The van der Waals surface area contributed by atoms with Crippen LogP contribution in [-0.4, -0.2) is 34.0 Å². The van der Waals surface area contributed by atoms with Gasteiger partial charge in [0.15, 0.2) is 0 Å². The molecule has 1 fully saturated rings. The Morgan fingerprint density at radius 2 is 1.81 bits per heavy atom. The number of nitrogens with zero attached hydrogens (tertiary/aromatic N) is 4. The molecule has 0 bridgehead atoms. The molecule has 0 amide bonds. The van der Waals surface area contributed by atoms with E-state index in [-0.39, 0.29) is 25.9 Å². The molecule has 2 aromatic heterocycles. The summed E-state index contributed by atoms with van der Waals surface area (Å²) in [4.78, 5) is 14.6. The van der Waals surface area contributed by atoms with Crippen LogP contribution in [0.25, 0.3) is 10.9 Å². The maximum absolute atomic E-state index is 13.5. The molecular weight excluding hydrogens is 355 g/mol. The van der Waals surface area contributed by atoms with Crippen LogP contribution in [0.1, 0.15) is 18.4 Å². The number of hydrogen-bond donors (Lipinski definition) is 1. The molecule has 1 N–H and O–H groups in total. The second-order valence-electron chi connectivity index (χ2n) is 6.57. The number of aromatic nitrogens is 3.